The zero-order chi connectivity index (χ0) is 19.8. The fraction of sp³-hybridized carbons (Fsp3) is 0.429. The molecule has 1 aliphatic rings. The minimum atomic E-state index is -0.682. The molecule has 0 spiro atoms. The molecule has 1 saturated carbocycles. The van der Waals surface area contributed by atoms with Crippen LogP contribution in [0.15, 0.2) is 35.1 Å². The van der Waals surface area contributed by atoms with E-state index in [9.17, 15) is 9.59 Å². The SMILES string of the molecule is Cc1nn(C(C)C(=O)NC2CCCC2)c(=O)c2nn(-c3ccccc3)c(C)c12. The number of hydrogen-bond donors (Lipinski definition) is 1. The highest BCUT2D eigenvalue weighted by Gasteiger charge is 2.25. The molecule has 1 aliphatic carbocycles. The van der Waals surface area contributed by atoms with Crippen LogP contribution in [0.25, 0.3) is 16.6 Å². The number of nitrogens with zero attached hydrogens (tertiary/aromatic N) is 4. The van der Waals surface area contributed by atoms with Crippen molar-refractivity contribution in [3.63, 3.8) is 0 Å². The molecule has 7 nitrogen and oxygen atoms in total. The van der Waals surface area contributed by atoms with Crippen molar-refractivity contribution in [1.82, 2.24) is 24.9 Å². The van der Waals surface area contributed by atoms with Crippen LogP contribution in [0.4, 0.5) is 0 Å². The zero-order valence-electron chi connectivity index (χ0n) is 16.5. The summed E-state index contributed by atoms with van der Waals surface area (Å²) in [6.45, 7) is 5.49. The third-order valence-corrected chi connectivity index (χ3v) is 5.60. The number of hydrogen-bond acceptors (Lipinski definition) is 4. The lowest BCUT2D eigenvalue weighted by molar-refractivity contribution is -0.124. The van der Waals surface area contributed by atoms with E-state index in [1.807, 2.05) is 44.2 Å². The molecular weight excluding hydrogens is 354 g/mol. The van der Waals surface area contributed by atoms with Crippen LogP contribution in [0.3, 0.4) is 0 Å². The lowest BCUT2D eigenvalue weighted by Gasteiger charge is -2.18. The summed E-state index contributed by atoms with van der Waals surface area (Å²) in [4.78, 5) is 25.8. The summed E-state index contributed by atoms with van der Waals surface area (Å²) in [5, 5.41) is 12.8. The quantitative estimate of drug-likeness (QED) is 0.756. The first-order chi connectivity index (χ1) is 13.5. The smallest absolute Gasteiger partial charge is 0.295 e. The number of aryl methyl sites for hydroxylation is 2. The first-order valence-electron chi connectivity index (χ1n) is 9.82. The van der Waals surface area contributed by atoms with Crippen molar-refractivity contribution in [3.8, 4) is 5.69 Å². The number of aromatic nitrogens is 4. The molecule has 1 unspecified atom stereocenters. The number of para-hydroxylation sites is 1. The van der Waals surface area contributed by atoms with Crippen molar-refractivity contribution in [2.24, 2.45) is 0 Å². The molecule has 1 amide bonds. The van der Waals surface area contributed by atoms with Crippen LogP contribution in [0.1, 0.15) is 50.0 Å². The Balaban J connectivity index is 1.75. The van der Waals surface area contributed by atoms with E-state index in [1.165, 1.54) is 4.68 Å². The van der Waals surface area contributed by atoms with Crippen LogP contribution in [0.2, 0.25) is 0 Å². The zero-order valence-corrected chi connectivity index (χ0v) is 16.5. The Morgan fingerprint density at radius 2 is 1.82 bits per heavy atom. The molecule has 0 radical (unpaired) electrons. The van der Waals surface area contributed by atoms with Crippen LogP contribution in [0.5, 0.6) is 0 Å². The first-order valence-corrected chi connectivity index (χ1v) is 9.82. The summed E-state index contributed by atoms with van der Waals surface area (Å²) in [5.74, 6) is -0.167. The van der Waals surface area contributed by atoms with E-state index in [0.29, 0.717) is 11.2 Å². The van der Waals surface area contributed by atoms with Crippen molar-refractivity contribution < 1.29 is 4.79 Å². The molecule has 0 aliphatic heterocycles. The van der Waals surface area contributed by atoms with E-state index in [-0.39, 0.29) is 17.5 Å². The molecule has 1 atom stereocenters. The van der Waals surface area contributed by atoms with Gasteiger partial charge in [0.2, 0.25) is 5.91 Å². The third kappa shape index (κ3) is 3.10. The van der Waals surface area contributed by atoms with E-state index < -0.39 is 6.04 Å². The van der Waals surface area contributed by atoms with Gasteiger partial charge < -0.3 is 5.32 Å². The molecule has 1 fully saturated rings. The van der Waals surface area contributed by atoms with Crippen molar-refractivity contribution >= 4 is 16.8 Å². The average molecular weight is 379 g/mol. The third-order valence-electron chi connectivity index (χ3n) is 5.60. The van der Waals surface area contributed by atoms with Gasteiger partial charge in [-0.1, -0.05) is 31.0 Å². The Kier molecular flexibility index (Phi) is 4.75. The average Bonchev–Trinajstić information content (AvgIpc) is 3.33. The Bertz CT molecular complexity index is 1080. The highest BCUT2D eigenvalue weighted by molar-refractivity contribution is 5.84. The van der Waals surface area contributed by atoms with Crippen LogP contribution in [-0.4, -0.2) is 31.5 Å². The summed E-state index contributed by atoms with van der Waals surface area (Å²) < 4.78 is 3.03. The fourth-order valence-corrected chi connectivity index (χ4v) is 4.04. The standard InChI is InChI=1S/C21H25N5O2/c1-13-18-14(2)25(17-11-5-4-6-12-17)24-19(18)21(28)26(23-13)15(3)20(27)22-16-9-7-8-10-16/h4-6,11-12,15-16H,7-10H2,1-3H3,(H,22,27). The van der Waals surface area contributed by atoms with Crippen LogP contribution >= 0.6 is 0 Å². The summed E-state index contributed by atoms with van der Waals surface area (Å²) in [5.41, 5.74) is 2.43. The summed E-state index contributed by atoms with van der Waals surface area (Å²) >= 11 is 0. The van der Waals surface area contributed by atoms with Gasteiger partial charge in [0.05, 0.1) is 22.5 Å². The van der Waals surface area contributed by atoms with E-state index in [0.717, 1.165) is 42.5 Å². The fourth-order valence-electron chi connectivity index (χ4n) is 4.04. The maximum atomic E-state index is 13.1. The van der Waals surface area contributed by atoms with Crippen molar-refractivity contribution in [2.45, 2.75) is 58.5 Å². The highest BCUT2D eigenvalue weighted by atomic mass is 16.2. The van der Waals surface area contributed by atoms with Gasteiger partial charge in [0.25, 0.3) is 5.56 Å². The summed E-state index contributed by atoms with van der Waals surface area (Å²) in [6, 6.07) is 9.20. The van der Waals surface area contributed by atoms with Gasteiger partial charge in [0.15, 0.2) is 5.52 Å². The topological polar surface area (TPSA) is 81.8 Å². The number of amides is 1. The number of fused-ring (bicyclic) bond motifs is 1. The first kappa shape index (κ1) is 18.4. The monoisotopic (exact) mass is 379 g/mol. The van der Waals surface area contributed by atoms with Gasteiger partial charge in [-0.2, -0.15) is 10.2 Å². The van der Waals surface area contributed by atoms with Gasteiger partial charge in [-0.05, 0) is 45.7 Å². The van der Waals surface area contributed by atoms with Crippen molar-refractivity contribution in [2.75, 3.05) is 0 Å². The van der Waals surface area contributed by atoms with E-state index in [1.54, 1.807) is 11.6 Å². The largest absolute Gasteiger partial charge is 0.352 e. The Hall–Kier alpha value is -2.96. The molecular formula is C21H25N5O2. The molecule has 7 heteroatoms. The molecule has 146 valence electrons. The second kappa shape index (κ2) is 7.22. The number of benzene rings is 1. The van der Waals surface area contributed by atoms with Crippen molar-refractivity contribution in [1.29, 1.82) is 0 Å². The lowest BCUT2D eigenvalue weighted by atomic mass is 10.2. The maximum Gasteiger partial charge on any atom is 0.295 e. The molecule has 0 bridgehead atoms. The van der Waals surface area contributed by atoms with Crippen LogP contribution in [0, 0.1) is 13.8 Å². The van der Waals surface area contributed by atoms with E-state index >= 15 is 0 Å². The van der Waals surface area contributed by atoms with Crippen LogP contribution in [-0.2, 0) is 4.79 Å². The molecule has 3 aromatic rings. The second-order valence-electron chi connectivity index (χ2n) is 7.56. The summed E-state index contributed by atoms with van der Waals surface area (Å²) in [6.07, 6.45) is 4.27. The minimum absolute atomic E-state index is 0.167. The van der Waals surface area contributed by atoms with Gasteiger partial charge >= 0.3 is 0 Å². The molecule has 28 heavy (non-hydrogen) atoms. The molecule has 4 rings (SSSR count). The molecule has 0 saturated heterocycles. The Morgan fingerprint density at radius 1 is 1.14 bits per heavy atom. The number of rotatable bonds is 4. The Morgan fingerprint density at radius 3 is 2.50 bits per heavy atom. The van der Waals surface area contributed by atoms with Gasteiger partial charge in [-0.3, -0.25) is 9.59 Å². The molecule has 2 heterocycles. The predicted octanol–water partition coefficient (Wildman–Crippen LogP) is 2.82. The van der Waals surface area contributed by atoms with Gasteiger partial charge in [-0.15, -0.1) is 0 Å². The highest BCUT2D eigenvalue weighted by Crippen LogP contribution is 2.22. The van der Waals surface area contributed by atoms with Gasteiger partial charge in [0, 0.05) is 6.04 Å². The number of carbonyl (C=O) groups is 1. The minimum Gasteiger partial charge on any atom is -0.352 e. The molecule has 1 aromatic carbocycles. The number of carbonyl (C=O) groups excluding carboxylic acids is 1. The molecule has 1 N–H and O–H groups in total. The summed E-state index contributed by atoms with van der Waals surface area (Å²) in [7, 11) is 0. The second-order valence-corrected chi connectivity index (χ2v) is 7.56. The van der Waals surface area contributed by atoms with Crippen molar-refractivity contribution in [3.05, 3.63) is 52.1 Å². The predicted molar refractivity (Wildman–Crippen MR) is 108 cm³/mol. The van der Waals surface area contributed by atoms with Gasteiger partial charge in [0.1, 0.15) is 6.04 Å². The Labute approximate surface area is 163 Å². The van der Waals surface area contributed by atoms with Gasteiger partial charge in [-0.25, -0.2) is 9.36 Å². The lowest BCUT2D eigenvalue weighted by Crippen LogP contribution is -2.41. The molecule has 2 aromatic heterocycles. The van der Waals surface area contributed by atoms with E-state index in [4.69, 9.17) is 0 Å². The number of nitrogens with one attached hydrogen (secondary N) is 1. The normalized spacial score (nSPS) is 15.8. The van der Waals surface area contributed by atoms with Crippen LogP contribution < -0.4 is 10.9 Å². The maximum absolute atomic E-state index is 13.1. The van der Waals surface area contributed by atoms with E-state index in [2.05, 4.69) is 15.5 Å².